The molecule has 7 heteroatoms. The van der Waals surface area contributed by atoms with Gasteiger partial charge in [-0.3, -0.25) is 4.99 Å². The smallest absolute Gasteiger partial charge is 0.191 e. The second-order valence-electron chi connectivity index (χ2n) is 5.97. The third-order valence-electron chi connectivity index (χ3n) is 4.15. The van der Waals surface area contributed by atoms with Gasteiger partial charge in [0.25, 0.3) is 0 Å². The minimum absolute atomic E-state index is 0. The average Bonchev–Trinajstić information content (AvgIpc) is 3.27. The van der Waals surface area contributed by atoms with Gasteiger partial charge in [0.15, 0.2) is 5.96 Å². The molecule has 0 amide bonds. The molecule has 3 rings (SSSR count). The summed E-state index contributed by atoms with van der Waals surface area (Å²) >= 11 is 2.05. The van der Waals surface area contributed by atoms with Gasteiger partial charge in [-0.15, -0.1) is 24.0 Å². The van der Waals surface area contributed by atoms with E-state index in [9.17, 15) is 0 Å². The minimum Gasteiger partial charge on any atom is -0.355 e. The molecular weight excluding hydrogens is 445 g/mol. The van der Waals surface area contributed by atoms with E-state index in [2.05, 4.69) is 50.7 Å². The van der Waals surface area contributed by atoms with Gasteiger partial charge in [0.1, 0.15) is 0 Å². The maximum Gasteiger partial charge on any atom is 0.191 e. The van der Waals surface area contributed by atoms with Crippen LogP contribution in [0.25, 0.3) is 5.69 Å². The zero-order valence-corrected chi connectivity index (χ0v) is 17.9. The summed E-state index contributed by atoms with van der Waals surface area (Å²) in [5.41, 5.74) is 3.31. The van der Waals surface area contributed by atoms with Gasteiger partial charge in [0.05, 0.1) is 11.4 Å². The van der Waals surface area contributed by atoms with Gasteiger partial charge in [0, 0.05) is 31.6 Å². The Hall–Kier alpha value is -1.22. The number of benzene rings is 1. The Bertz CT molecular complexity index is 694. The van der Waals surface area contributed by atoms with Gasteiger partial charge >= 0.3 is 0 Å². The topological polar surface area (TPSA) is 54.2 Å². The summed E-state index contributed by atoms with van der Waals surface area (Å²) in [5, 5.41) is 12.1. The van der Waals surface area contributed by atoms with E-state index in [1.165, 1.54) is 24.2 Å². The van der Waals surface area contributed by atoms with Crippen LogP contribution in [0, 0.1) is 6.92 Å². The molecule has 1 fully saturated rings. The molecule has 0 saturated carbocycles. The van der Waals surface area contributed by atoms with Crippen molar-refractivity contribution in [3.63, 3.8) is 0 Å². The van der Waals surface area contributed by atoms with Gasteiger partial charge in [-0.05, 0) is 43.2 Å². The van der Waals surface area contributed by atoms with Gasteiger partial charge < -0.3 is 10.6 Å². The molecule has 5 nitrogen and oxygen atoms in total. The number of nitrogens with one attached hydrogen (secondary N) is 2. The fourth-order valence-corrected chi connectivity index (χ4v) is 4.05. The van der Waals surface area contributed by atoms with Crippen LogP contribution in [0.2, 0.25) is 0 Å². The molecular formula is C18H26IN5S. The number of hydrogen-bond acceptors (Lipinski definition) is 3. The van der Waals surface area contributed by atoms with Crippen LogP contribution in [0.3, 0.4) is 0 Å². The molecule has 1 saturated heterocycles. The molecule has 1 aliphatic heterocycles. The summed E-state index contributed by atoms with van der Waals surface area (Å²) in [6.45, 7) is 3.70. The number of aryl methyl sites for hydroxylation is 1. The summed E-state index contributed by atoms with van der Waals surface area (Å²) in [5.74, 6) is 2.14. The van der Waals surface area contributed by atoms with Crippen LogP contribution in [0.5, 0.6) is 0 Å². The number of nitrogens with zero attached hydrogens (tertiary/aromatic N) is 3. The van der Waals surface area contributed by atoms with Crippen molar-refractivity contribution in [1.29, 1.82) is 0 Å². The van der Waals surface area contributed by atoms with E-state index in [1.807, 2.05) is 37.0 Å². The Morgan fingerprint density at radius 2 is 2.16 bits per heavy atom. The van der Waals surface area contributed by atoms with Crippen LogP contribution in [0.1, 0.15) is 24.1 Å². The Morgan fingerprint density at radius 3 is 2.84 bits per heavy atom. The molecule has 0 radical (unpaired) electrons. The van der Waals surface area contributed by atoms with E-state index < -0.39 is 0 Å². The third-order valence-corrected chi connectivity index (χ3v) is 5.55. The van der Waals surface area contributed by atoms with Crippen LogP contribution in [0.4, 0.5) is 0 Å². The number of aliphatic imine (C=N–C) groups is 1. The van der Waals surface area contributed by atoms with Crippen LogP contribution in [0.15, 0.2) is 41.5 Å². The summed E-state index contributed by atoms with van der Waals surface area (Å²) in [7, 11) is 1.82. The number of guanidine groups is 1. The highest BCUT2D eigenvalue weighted by molar-refractivity contribution is 14.0. The van der Waals surface area contributed by atoms with Crippen molar-refractivity contribution in [1.82, 2.24) is 20.4 Å². The molecule has 25 heavy (non-hydrogen) atoms. The quantitative estimate of drug-likeness (QED) is 0.399. The Labute approximate surface area is 171 Å². The summed E-state index contributed by atoms with van der Waals surface area (Å²) in [6.07, 6.45) is 4.63. The van der Waals surface area contributed by atoms with Crippen LogP contribution < -0.4 is 10.6 Å². The van der Waals surface area contributed by atoms with E-state index in [-0.39, 0.29) is 24.0 Å². The second kappa shape index (κ2) is 10.1. The summed E-state index contributed by atoms with van der Waals surface area (Å²) < 4.78 is 1.93. The van der Waals surface area contributed by atoms with Gasteiger partial charge in [-0.25, -0.2) is 4.68 Å². The van der Waals surface area contributed by atoms with E-state index in [4.69, 9.17) is 0 Å². The standard InChI is InChI=1S/C18H25N5S.HI/c1-14-9-10-23(22-14)17-8-4-3-6-15(17)12-20-18(19-2)21-13-16-7-5-11-24-16;/h3-4,6,8-10,16H,5,7,11-13H2,1-2H3,(H2,19,20,21);1H. The minimum atomic E-state index is 0. The van der Waals surface area contributed by atoms with Gasteiger partial charge in [-0.2, -0.15) is 16.9 Å². The third kappa shape index (κ3) is 5.64. The normalized spacial score (nSPS) is 17.2. The van der Waals surface area contributed by atoms with Crippen molar-refractivity contribution >= 4 is 41.7 Å². The lowest BCUT2D eigenvalue weighted by Gasteiger charge is -2.16. The van der Waals surface area contributed by atoms with Crippen LogP contribution >= 0.6 is 35.7 Å². The molecule has 1 aliphatic rings. The van der Waals surface area contributed by atoms with Crippen LogP contribution in [-0.2, 0) is 6.54 Å². The lowest BCUT2D eigenvalue weighted by Crippen LogP contribution is -2.39. The van der Waals surface area contributed by atoms with Crippen molar-refractivity contribution in [2.45, 2.75) is 31.6 Å². The Morgan fingerprint density at radius 1 is 1.32 bits per heavy atom. The predicted octanol–water partition coefficient (Wildman–Crippen LogP) is 3.36. The molecule has 0 spiro atoms. The lowest BCUT2D eigenvalue weighted by atomic mass is 10.2. The van der Waals surface area contributed by atoms with Crippen molar-refractivity contribution in [2.75, 3.05) is 19.3 Å². The predicted molar refractivity (Wildman–Crippen MR) is 117 cm³/mol. The van der Waals surface area contributed by atoms with Crippen molar-refractivity contribution in [3.8, 4) is 5.69 Å². The second-order valence-corrected chi connectivity index (χ2v) is 7.38. The van der Waals surface area contributed by atoms with Gasteiger partial charge in [0.2, 0.25) is 0 Å². The van der Waals surface area contributed by atoms with E-state index in [0.29, 0.717) is 11.8 Å². The zero-order valence-electron chi connectivity index (χ0n) is 14.7. The molecule has 2 heterocycles. The number of para-hydroxylation sites is 1. The fraction of sp³-hybridized carbons (Fsp3) is 0.444. The monoisotopic (exact) mass is 471 g/mol. The molecule has 2 N–H and O–H groups in total. The summed E-state index contributed by atoms with van der Waals surface area (Å²) in [4.78, 5) is 4.33. The molecule has 0 aliphatic carbocycles. The number of halogens is 1. The molecule has 0 bridgehead atoms. The average molecular weight is 471 g/mol. The van der Waals surface area contributed by atoms with Gasteiger partial charge in [-0.1, -0.05) is 18.2 Å². The molecule has 2 aromatic rings. The number of thioether (sulfide) groups is 1. The maximum atomic E-state index is 4.52. The van der Waals surface area contributed by atoms with Crippen LogP contribution in [-0.4, -0.2) is 40.3 Å². The summed E-state index contributed by atoms with van der Waals surface area (Å²) in [6, 6.07) is 10.3. The zero-order chi connectivity index (χ0) is 16.8. The number of hydrogen-bond donors (Lipinski definition) is 2. The van der Waals surface area contributed by atoms with E-state index >= 15 is 0 Å². The number of aromatic nitrogens is 2. The highest BCUT2D eigenvalue weighted by Gasteiger charge is 2.15. The lowest BCUT2D eigenvalue weighted by molar-refractivity contribution is 0.724. The van der Waals surface area contributed by atoms with Crippen molar-refractivity contribution in [3.05, 3.63) is 47.8 Å². The van der Waals surface area contributed by atoms with E-state index in [0.717, 1.165) is 23.9 Å². The fourth-order valence-electron chi connectivity index (χ4n) is 2.85. The first kappa shape index (κ1) is 20.1. The molecule has 1 aromatic heterocycles. The van der Waals surface area contributed by atoms with Crippen molar-refractivity contribution in [2.24, 2.45) is 4.99 Å². The Kier molecular flexibility index (Phi) is 8.08. The maximum absolute atomic E-state index is 4.52. The molecule has 136 valence electrons. The SMILES string of the molecule is CN=C(NCc1ccccc1-n1ccc(C)n1)NCC1CCCS1.I. The Balaban J connectivity index is 0.00000225. The van der Waals surface area contributed by atoms with E-state index in [1.54, 1.807) is 0 Å². The van der Waals surface area contributed by atoms with Crippen molar-refractivity contribution < 1.29 is 0 Å². The highest BCUT2D eigenvalue weighted by Crippen LogP contribution is 2.25. The molecule has 1 unspecified atom stereocenters. The first-order valence-electron chi connectivity index (χ1n) is 8.43. The molecule has 1 atom stereocenters. The highest BCUT2D eigenvalue weighted by atomic mass is 127. The largest absolute Gasteiger partial charge is 0.355 e. The first-order chi connectivity index (χ1) is 11.8. The number of rotatable bonds is 5. The first-order valence-corrected chi connectivity index (χ1v) is 9.48. The molecule has 1 aromatic carbocycles.